The van der Waals surface area contributed by atoms with Crippen LogP contribution in [0.2, 0.25) is 0 Å². The van der Waals surface area contributed by atoms with Crippen molar-refractivity contribution in [3.8, 4) is 0 Å². The average Bonchev–Trinajstić information content (AvgIpc) is 1.63. The maximum absolute atomic E-state index is 9.98. The van der Waals surface area contributed by atoms with Gasteiger partial charge in [0.2, 0.25) is 0 Å². The second-order valence-corrected chi connectivity index (χ2v) is 2.09. The van der Waals surface area contributed by atoms with E-state index in [-0.39, 0.29) is 6.17 Å². The Labute approximate surface area is 54.5 Å². The van der Waals surface area contributed by atoms with E-state index in [9.17, 15) is 4.79 Å². The summed E-state index contributed by atoms with van der Waals surface area (Å²) < 4.78 is 0. The summed E-state index contributed by atoms with van der Waals surface area (Å²) in [6.45, 7) is 1.77. The van der Waals surface area contributed by atoms with E-state index in [4.69, 9.17) is 5.11 Å². The molecule has 4 nitrogen and oxygen atoms in total. The van der Waals surface area contributed by atoms with Crippen LogP contribution in [0.5, 0.6) is 0 Å². The number of nitrogens with one attached hydrogen (secondary N) is 1. The Hall–Kier alpha value is -0.770. The van der Waals surface area contributed by atoms with E-state index in [1.54, 1.807) is 25.9 Å². The predicted octanol–water partition coefficient (Wildman–Crippen LogP) is 0.162. The Morgan fingerprint density at radius 3 is 2.22 bits per heavy atom. The maximum atomic E-state index is 9.98. The lowest BCUT2D eigenvalue weighted by Crippen LogP contribution is -2.41. The first kappa shape index (κ1) is 8.23. The van der Waals surface area contributed by atoms with Gasteiger partial charge in [-0.15, -0.1) is 0 Å². The second-order valence-electron chi connectivity index (χ2n) is 2.09. The van der Waals surface area contributed by atoms with Crippen LogP contribution in [0.3, 0.4) is 0 Å². The molecule has 1 amide bonds. The van der Waals surface area contributed by atoms with Crippen LogP contribution in [0.25, 0.3) is 0 Å². The molecule has 0 aliphatic carbocycles. The predicted molar refractivity (Wildman–Crippen MR) is 34.3 cm³/mol. The number of amides is 1. The minimum Gasteiger partial charge on any atom is -0.465 e. The van der Waals surface area contributed by atoms with E-state index in [0.29, 0.717) is 0 Å². The Kier molecular flexibility index (Phi) is 3.01. The van der Waals surface area contributed by atoms with Crippen molar-refractivity contribution in [2.75, 3.05) is 14.1 Å². The first-order valence-electron chi connectivity index (χ1n) is 2.70. The fraction of sp³-hybridized carbons (Fsp3) is 0.800. The molecule has 0 radical (unpaired) electrons. The molecule has 0 saturated carbocycles. The molecule has 4 heteroatoms. The van der Waals surface area contributed by atoms with Crippen molar-refractivity contribution in [3.63, 3.8) is 0 Å². The summed E-state index contributed by atoms with van der Waals surface area (Å²) in [6, 6.07) is 0. The highest BCUT2D eigenvalue weighted by atomic mass is 16.4. The third-order valence-corrected chi connectivity index (χ3v) is 1.11. The van der Waals surface area contributed by atoms with E-state index in [2.05, 4.69) is 5.32 Å². The molecule has 54 valence electrons. The highest BCUT2D eigenvalue weighted by Gasteiger charge is 2.04. The number of carbonyl (C=O) groups is 1. The second kappa shape index (κ2) is 3.29. The quantitative estimate of drug-likeness (QED) is 0.526. The summed E-state index contributed by atoms with van der Waals surface area (Å²) >= 11 is 0. The molecule has 0 aromatic heterocycles. The Balaban J connectivity index is 3.50. The lowest BCUT2D eigenvalue weighted by atomic mass is 10.5. The van der Waals surface area contributed by atoms with E-state index in [1.165, 1.54) is 0 Å². The van der Waals surface area contributed by atoms with Crippen molar-refractivity contribution in [3.05, 3.63) is 0 Å². The van der Waals surface area contributed by atoms with Crippen molar-refractivity contribution in [2.24, 2.45) is 0 Å². The topological polar surface area (TPSA) is 52.6 Å². The lowest BCUT2D eigenvalue weighted by Gasteiger charge is -2.18. The number of hydrogen-bond acceptors (Lipinski definition) is 2. The molecule has 0 fully saturated rings. The first-order chi connectivity index (χ1) is 4.04. The largest absolute Gasteiger partial charge is 0.465 e. The molecule has 0 heterocycles. The third-order valence-electron chi connectivity index (χ3n) is 1.11. The van der Waals surface area contributed by atoms with Gasteiger partial charge in [-0.25, -0.2) is 4.79 Å². The summed E-state index contributed by atoms with van der Waals surface area (Å²) in [4.78, 5) is 11.7. The van der Waals surface area contributed by atoms with Crippen molar-refractivity contribution in [1.82, 2.24) is 10.2 Å². The molecule has 0 spiro atoms. The number of rotatable bonds is 2. The van der Waals surface area contributed by atoms with Crippen LogP contribution >= 0.6 is 0 Å². The molecule has 2 N–H and O–H groups in total. The van der Waals surface area contributed by atoms with Crippen LogP contribution in [0.4, 0.5) is 4.79 Å². The number of hydrogen-bond donors (Lipinski definition) is 2. The molecule has 1 atom stereocenters. The van der Waals surface area contributed by atoms with Gasteiger partial charge >= 0.3 is 6.09 Å². The van der Waals surface area contributed by atoms with Crippen molar-refractivity contribution in [2.45, 2.75) is 13.1 Å². The molecular weight excluding hydrogens is 120 g/mol. The SMILES string of the molecule is CC(NC(=O)O)N(C)C. The molecule has 1 unspecified atom stereocenters. The van der Waals surface area contributed by atoms with Gasteiger partial charge in [0.25, 0.3) is 0 Å². The van der Waals surface area contributed by atoms with Crippen molar-refractivity contribution < 1.29 is 9.90 Å². The molecule has 0 aliphatic rings. The third kappa shape index (κ3) is 3.78. The Morgan fingerprint density at radius 1 is 1.67 bits per heavy atom. The van der Waals surface area contributed by atoms with E-state index in [0.717, 1.165) is 0 Å². The summed E-state index contributed by atoms with van der Waals surface area (Å²) in [6.07, 6.45) is -1.11. The minimum absolute atomic E-state index is 0.123. The molecular formula is C5H12N2O2. The summed E-state index contributed by atoms with van der Waals surface area (Å²) in [5, 5.41) is 10.5. The maximum Gasteiger partial charge on any atom is 0.405 e. The van der Waals surface area contributed by atoms with Gasteiger partial charge in [0.15, 0.2) is 0 Å². The van der Waals surface area contributed by atoms with Gasteiger partial charge in [-0.2, -0.15) is 0 Å². The Morgan fingerprint density at radius 2 is 2.11 bits per heavy atom. The van der Waals surface area contributed by atoms with E-state index < -0.39 is 6.09 Å². The van der Waals surface area contributed by atoms with Crippen LogP contribution in [-0.4, -0.2) is 36.4 Å². The molecule has 0 aromatic carbocycles. The monoisotopic (exact) mass is 132 g/mol. The average molecular weight is 132 g/mol. The van der Waals surface area contributed by atoms with Crippen molar-refractivity contribution >= 4 is 6.09 Å². The summed E-state index contributed by atoms with van der Waals surface area (Å²) in [5.74, 6) is 0. The van der Waals surface area contributed by atoms with Gasteiger partial charge in [-0.1, -0.05) is 0 Å². The number of carboxylic acid groups (broad SMARTS) is 1. The van der Waals surface area contributed by atoms with Crippen LogP contribution < -0.4 is 5.32 Å². The zero-order valence-corrected chi connectivity index (χ0v) is 5.88. The van der Waals surface area contributed by atoms with Gasteiger partial charge in [0.1, 0.15) is 0 Å². The van der Waals surface area contributed by atoms with Gasteiger partial charge in [0, 0.05) is 0 Å². The van der Waals surface area contributed by atoms with Gasteiger partial charge in [0.05, 0.1) is 6.17 Å². The fourth-order valence-corrected chi connectivity index (χ4v) is 0.308. The van der Waals surface area contributed by atoms with E-state index >= 15 is 0 Å². The highest BCUT2D eigenvalue weighted by molar-refractivity contribution is 5.64. The van der Waals surface area contributed by atoms with E-state index in [1.807, 2.05) is 0 Å². The number of nitrogens with zero attached hydrogens (tertiary/aromatic N) is 1. The van der Waals surface area contributed by atoms with Crippen LogP contribution in [-0.2, 0) is 0 Å². The zero-order valence-electron chi connectivity index (χ0n) is 5.88. The molecule has 0 aliphatic heterocycles. The molecule has 9 heavy (non-hydrogen) atoms. The standard InChI is InChI=1S/C5H12N2O2/c1-4(7(2)3)6-5(8)9/h4,6H,1-3H3,(H,8,9). The molecule has 0 saturated heterocycles. The molecule has 0 aromatic rings. The lowest BCUT2D eigenvalue weighted by molar-refractivity contribution is 0.174. The fourth-order valence-electron chi connectivity index (χ4n) is 0.308. The van der Waals surface area contributed by atoms with Crippen LogP contribution in [0.1, 0.15) is 6.92 Å². The van der Waals surface area contributed by atoms with Gasteiger partial charge < -0.3 is 10.4 Å². The van der Waals surface area contributed by atoms with Crippen LogP contribution in [0, 0.1) is 0 Å². The van der Waals surface area contributed by atoms with Crippen molar-refractivity contribution in [1.29, 1.82) is 0 Å². The van der Waals surface area contributed by atoms with Crippen LogP contribution in [0.15, 0.2) is 0 Å². The molecule has 0 bridgehead atoms. The summed E-state index contributed by atoms with van der Waals surface area (Å²) in [5.41, 5.74) is 0. The summed E-state index contributed by atoms with van der Waals surface area (Å²) in [7, 11) is 3.61. The van der Waals surface area contributed by atoms with Gasteiger partial charge in [-0.3, -0.25) is 4.90 Å². The molecule has 0 rings (SSSR count). The smallest absolute Gasteiger partial charge is 0.405 e. The highest BCUT2D eigenvalue weighted by Crippen LogP contribution is 1.83. The minimum atomic E-state index is -0.990. The first-order valence-corrected chi connectivity index (χ1v) is 2.70. The Bertz CT molecular complexity index is 103. The zero-order chi connectivity index (χ0) is 7.44. The normalized spacial score (nSPS) is 13.3. The van der Waals surface area contributed by atoms with Gasteiger partial charge in [-0.05, 0) is 21.0 Å².